The highest BCUT2D eigenvalue weighted by Crippen LogP contribution is 2.14. The SMILES string of the molecule is CCC(C)(CCl)NCc1cccc(Cl)c1. The van der Waals surface area contributed by atoms with Crippen molar-refractivity contribution in [1.82, 2.24) is 5.32 Å². The first-order valence-electron chi connectivity index (χ1n) is 5.15. The van der Waals surface area contributed by atoms with Crippen LogP contribution in [0.5, 0.6) is 0 Å². The summed E-state index contributed by atoms with van der Waals surface area (Å²) < 4.78 is 0. The third kappa shape index (κ3) is 4.02. The van der Waals surface area contributed by atoms with Gasteiger partial charge in [-0.15, -0.1) is 11.6 Å². The van der Waals surface area contributed by atoms with Crippen molar-refractivity contribution in [3.63, 3.8) is 0 Å². The summed E-state index contributed by atoms with van der Waals surface area (Å²) in [6.07, 6.45) is 1.01. The molecule has 3 heteroatoms. The summed E-state index contributed by atoms with van der Waals surface area (Å²) >= 11 is 11.8. The molecule has 1 atom stereocenters. The summed E-state index contributed by atoms with van der Waals surface area (Å²) in [4.78, 5) is 0. The number of hydrogen-bond donors (Lipinski definition) is 1. The summed E-state index contributed by atoms with van der Waals surface area (Å²) in [6, 6.07) is 7.87. The highest BCUT2D eigenvalue weighted by atomic mass is 35.5. The number of nitrogens with one attached hydrogen (secondary N) is 1. The highest BCUT2D eigenvalue weighted by molar-refractivity contribution is 6.30. The fourth-order valence-electron chi connectivity index (χ4n) is 1.23. The molecule has 84 valence electrons. The van der Waals surface area contributed by atoms with Crippen LogP contribution in [0.4, 0.5) is 0 Å². The molecule has 0 aliphatic rings. The lowest BCUT2D eigenvalue weighted by Crippen LogP contribution is -2.42. The van der Waals surface area contributed by atoms with Crippen molar-refractivity contribution in [2.24, 2.45) is 0 Å². The van der Waals surface area contributed by atoms with Gasteiger partial charge in [-0.3, -0.25) is 0 Å². The fourth-order valence-corrected chi connectivity index (χ4v) is 1.73. The van der Waals surface area contributed by atoms with Gasteiger partial charge in [-0.2, -0.15) is 0 Å². The second-order valence-electron chi connectivity index (χ2n) is 4.03. The molecule has 1 aromatic carbocycles. The van der Waals surface area contributed by atoms with Crippen LogP contribution in [-0.2, 0) is 6.54 Å². The van der Waals surface area contributed by atoms with Crippen LogP contribution in [0, 0.1) is 0 Å². The van der Waals surface area contributed by atoms with E-state index in [1.165, 1.54) is 5.56 Å². The second kappa shape index (κ2) is 5.74. The Hall–Kier alpha value is -0.240. The first kappa shape index (κ1) is 12.8. The van der Waals surface area contributed by atoms with Crippen molar-refractivity contribution >= 4 is 23.2 Å². The molecule has 0 saturated heterocycles. The lowest BCUT2D eigenvalue weighted by Gasteiger charge is -2.27. The maximum Gasteiger partial charge on any atom is 0.0409 e. The van der Waals surface area contributed by atoms with Crippen LogP contribution in [0.15, 0.2) is 24.3 Å². The van der Waals surface area contributed by atoms with Gasteiger partial charge >= 0.3 is 0 Å². The minimum atomic E-state index is 0.00384. The van der Waals surface area contributed by atoms with Gasteiger partial charge in [0.15, 0.2) is 0 Å². The Bertz CT molecular complexity index is 308. The quantitative estimate of drug-likeness (QED) is 0.778. The van der Waals surface area contributed by atoms with E-state index < -0.39 is 0 Å². The van der Waals surface area contributed by atoms with Gasteiger partial charge in [-0.1, -0.05) is 30.7 Å². The molecule has 0 heterocycles. The molecule has 0 saturated carbocycles. The topological polar surface area (TPSA) is 12.0 Å². The minimum absolute atomic E-state index is 0.00384. The molecular weight excluding hydrogens is 229 g/mol. The molecule has 0 radical (unpaired) electrons. The monoisotopic (exact) mass is 245 g/mol. The Kier molecular flexibility index (Phi) is 4.91. The average Bonchev–Trinajstić information content (AvgIpc) is 2.26. The van der Waals surface area contributed by atoms with Crippen molar-refractivity contribution in [3.8, 4) is 0 Å². The molecule has 0 fully saturated rings. The summed E-state index contributed by atoms with van der Waals surface area (Å²) in [6.45, 7) is 5.06. The summed E-state index contributed by atoms with van der Waals surface area (Å²) in [5.41, 5.74) is 1.19. The summed E-state index contributed by atoms with van der Waals surface area (Å²) in [5, 5.41) is 4.22. The van der Waals surface area contributed by atoms with Crippen molar-refractivity contribution in [2.75, 3.05) is 5.88 Å². The molecule has 1 nitrogen and oxygen atoms in total. The van der Waals surface area contributed by atoms with Gasteiger partial charge in [0, 0.05) is 23.0 Å². The first-order chi connectivity index (χ1) is 7.09. The molecule has 1 rings (SSSR count). The molecule has 1 aromatic rings. The lowest BCUT2D eigenvalue weighted by molar-refractivity contribution is 0.379. The van der Waals surface area contributed by atoms with Crippen LogP contribution in [0.3, 0.4) is 0 Å². The van der Waals surface area contributed by atoms with Crippen LogP contribution < -0.4 is 5.32 Å². The Labute approximate surface area is 102 Å². The van der Waals surface area contributed by atoms with Crippen LogP contribution >= 0.6 is 23.2 Å². The Morgan fingerprint density at radius 3 is 2.67 bits per heavy atom. The molecule has 0 aliphatic carbocycles. The van der Waals surface area contributed by atoms with Gasteiger partial charge in [-0.25, -0.2) is 0 Å². The molecule has 0 spiro atoms. The smallest absolute Gasteiger partial charge is 0.0409 e. The number of benzene rings is 1. The van der Waals surface area contributed by atoms with Crippen molar-refractivity contribution < 1.29 is 0 Å². The predicted molar refractivity (Wildman–Crippen MR) is 67.7 cm³/mol. The summed E-state index contributed by atoms with van der Waals surface area (Å²) in [5.74, 6) is 0.615. The first-order valence-corrected chi connectivity index (χ1v) is 6.06. The van der Waals surface area contributed by atoms with E-state index in [2.05, 4.69) is 25.2 Å². The molecule has 0 amide bonds. The minimum Gasteiger partial charge on any atom is -0.306 e. The van der Waals surface area contributed by atoms with Crippen LogP contribution in [0.2, 0.25) is 5.02 Å². The van der Waals surface area contributed by atoms with E-state index >= 15 is 0 Å². The largest absolute Gasteiger partial charge is 0.306 e. The van der Waals surface area contributed by atoms with E-state index in [-0.39, 0.29) is 5.54 Å². The zero-order chi connectivity index (χ0) is 11.3. The molecular formula is C12H17Cl2N. The molecule has 0 bridgehead atoms. The molecule has 1 unspecified atom stereocenters. The Balaban J connectivity index is 2.56. The number of hydrogen-bond acceptors (Lipinski definition) is 1. The van der Waals surface area contributed by atoms with Gasteiger partial charge in [0.2, 0.25) is 0 Å². The van der Waals surface area contributed by atoms with Crippen LogP contribution in [0.25, 0.3) is 0 Å². The number of halogens is 2. The van der Waals surface area contributed by atoms with Crippen molar-refractivity contribution in [1.29, 1.82) is 0 Å². The average molecular weight is 246 g/mol. The normalized spacial score (nSPS) is 14.9. The van der Waals surface area contributed by atoms with Gasteiger partial charge in [0.05, 0.1) is 0 Å². The van der Waals surface area contributed by atoms with E-state index in [0.29, 0.717) is 5.88 Å². The predicted octanol–water partition coefficient (Wildman–Crippen LogP) is 3.84. The van der Waals surface area contributed by atoms with Crippen molar-refractivity contribution in [2.45, 2.75) is 32.4 Å². The van der Waals surface area contributed by atoms with Gasteiger partial charge < -0.3 is 5.32 Å². The van der Waals surface area contributed by atoms with Gasteiger partial charge in [0.1, 0.15) is 0 Å². The fraction of sp³-hybridized carbons (Fsp3) is 0.500. The van der Waals surface area contributed by atoms with E-state index in [9.17, 15) is 0 Å². The zero-order valence-electron chi connectivity index (χ0n) is 9.19. The van der Waals surface area contributed by atoms with Gasteiger partial charge in [0.25, 0.3) is 0 Å². The zero-order valence-corrected chi connectivity index (χ0v) is 10.7. The molecule has 0 aliphatic heterocycles. The Morgan fingerprint density at radius 2 is 2.13 bits per heavy atom. The standard InChI is InChI=1S/C12H17Cl2N/c1-3-12(2,9-13)15-8-10-5-4-6-11(14)7-10/h4-7,15H,3,8-9H2,1-2H3. The molecule has 0 aromatic heterocycles. The molecule has 15 heavy (non-hydrogen) atoms. The van der Waals surface area contributed by atoms with E-state index in [4.69, 9.17) is 23.2 Å². The third-order valence-electron chi connectivity index (χ3n) is 2.68. The van der Waals surface area contributed by atoms with Crippen LogP contribution in [-0.4, -0.2) is 11.4 Å². The van der Waals surface area contributed by atoms with E-state index in [1.54, 1.807) is 0 Å². The Morgan fingerprint density at radius 1 is 1.40 bits per heavy atom. The van der Waals surface area contributed by atoms with Crippen molar-refractivity contribution in [3.05, 3.63) is 34.9 Å². The van der Waals surface area contributed by atoms with E-state index in [0.717, 1.165) is 18.0 Å². The lowest BCUT2D eigenvalue weighted by atomic mass is 10.0. The molecule has 1 N–H and O–H groups in total. The second-order valence-corrected chi connectivity index (χ2v) is 4.74. The number of alkyl halides is 1. The van der Waals surface area contributed by atoms with Crippen LogP contribution in [0.1, 0.15) is 25.8 Å². The highest BCUT2D eigenvalue weighted by Gasteiger charge is 2.19. The van der Waals surface area contributed by atoms with Gasteiger partial charge in [-0.05, 0) is 31.0 Å². The summed E-state index contributed by atoms with van der Waals surface area (Å²) in [7, 11) is 0. The number of rotatable bonds is 5. The maximum atomic E-state index is 5.92. The van der Waals surface area contributed by atoms with E-state index in [1.807, 2.05) is 18.2 Å². The maximum absolute atomic E-state index is 5.92. The third-order valence-corrected chi connectivity index (χ3v) is 3.51.